The van der Waals surface area contributed by atoms with Gasteiger partial charge in [-0.2, -0.15) is 0 Å². The van der Waals surface area contributed by atoms with Gasteiger partial charge in [0.15, 0.2) is 0 Å². The molecule has 16 heavy (non-hydrogen) atoms. The average molecular weight is 242 g/mol. The molecule has 0 aliphatic heterocycles. The minimum absolute atomic E-state index is 0.666. The number of benzene rings is 1. The lowest BCUT2D eigenvalue weighted by Crippen LogP contribution is -2.21. The number of aryl methyl sites for hydroxylation is 1. The molecule has 1 aromatic carbocycles. The van der Waals surface area contributed by atoms with Gasteiger partial charge in [0.25, 0.3) is 0 Å². The van der Waals surface area contributed by atoms with Crippen LogP contribution < -0.4 is 0 Å². The summed E-state index contributed by atoms with van der Waals surface area (Å²) in [5.74, 6) is 0. The largest absolute Gasteiger partial charge is 0.328 e. The fourth-order valence-corrected chi connectivity index (χ4v) is 2.35. The van der Waals surface area contributed by atoms with Crippen LogP contribution in [0.3, 0.4) is 0 Å². The zero-order chi connectivity index (χ0) is 12.2. The summed E-state index contributed by atoms with van der Waals surface area (Å²) in [5, 5.41) is 0. The standard InChI is InChI=1S/C12H19O3P/c1-4-7-10-8-5-6-9-11(10)12(2,3)15-16(13)14/h5-6,8-9,13-14H,4,7H2,1-3H3. The normalized spacial score (nSPS) is 12.1. The molecule has 0 saturated heterocycles. The van der Waals surface area contributed by atoms with Gasteiger partial charge in [-0.05, 0) is 31.4 Å². The molecule has 0 aromatic heterocycles. The van der Waals surface area contributed by atoms with Crippen LogP contribution in [0.25, 0.3) is 0 Å². The van der Waals surface area contributed by atoms with Crippen LogP contribution in [0.5, 0.6) is 0 Å². The third kappa shape index (κ3) is 3.53. The van der Waals surface area contributed by atoms with Crippen molar-refractivity contribution in [3.8, 4) is 0 Å². The Kier molecular flexibility index (Phi) is 4.88. The van der Waals surface area contributed by atoms with Gasteiger partial charge in [-0.15, -0.1) is 0 Å². The number of rotatable bonds is 5. The lowest BCUT2D eigenvalue weighted by atomic mass is 9.91. The summed E-state index contributed by atoms with van der Waals surface area (Å²) in [4.78, 5) is 17.9. The van der Waals surface area contributed by atoms with Crippen LogP contribution >= 0.6 is 8.60 Å². The predicted molar refractivity (Wildman–Crippen MR) is 65.9 cm³/mol. The highest BCUT2D eigenvalue weighted by Crippen LogP contribution is 2.39. The summed E-state index contributed by atoms with van der Waals surface area (Å²) < 4.78 is 5.19. The van der Waals surface area contributed by atoms with Gasteiger partial charge in [-0.1, -0.05) is 37.6 Å². The molecule has 1 aromatic rings. The van der Waals surface area contributed by atoms with Crippen LogP contribution in [-0.2, 0) is 16.5 Å². The van der Waals surface area contributed by atoms with Crippen LogP contribution in [0, 0.1) is 0 Å². The quantitative estimate of drug-likeness (QED) is 0.780. The summed E-state index contributed by atoms with van der Waals surface area (Å²) in [6.07, 6.45) is 2.03. The summed E-state index contributed by atoms with van der Waals surface area (Å²) in [6.45, 7) is 5.82. The first-order valence-corrected chi connectivity index (χ1v) is 6.59. The van der Waals surface area contributed by atoms with Crippen molar-refractivity contribution in [1.29, 1.82) is 0 Å². The zero-order valence-electron chi connectivity index (χ0n) is 9.97. The molecule has 90 valence electrons. The van der Waals surface area contributed by atoms with Crippen molar-refractivity contribution >= 4 is 8.60 Å². The van der Waals surface area contributed by atoms with E-state index in [1.54, 1.807) is 0 Å². The molecule has 0 atom stereocenters. The molecule has 0 radical (unpaired) electrons. The molecule has 0 heterocycles. The molecule has 3 nitrogen and oxygen atoms in total. The molecule has 0 aliphatic carbocycles. The fraction of sp³-hybridized carbons (Fsp3) is 0.500. The lowest BCUT2D eigenvalue weighted by Gasteiger charge is -2.28. The Labute approximate surface area is 98.1 Å². The second kappa shape index (κ2) is 5.74. The third-order valence-electron chi connectivity index (χ3n) is 2.50. The van der Waals surface area contributed by atoms with Crippen molar-refractivity contribution in [2.24, 2.45) is 0 Å². The van der Waals surface area contributed by atoms with E-state index < -0.39 is 14.2 Å². The Balaban J connectivity index is 3.00. The smallest absolute Gasteiger partial charge is 0.327 e. The summed E-state index contributed by atoms with van der Waals surface area (Å²) in [7, 11) is -2.33. The minimum Gasteiger partial charge on any atom is -0.328 e. The Morgan fingerprint density at radius 1 is 1.25 bits per heavy atom. The van der Waals surface area contributed by atoms with E-state index in [0.717, 1.165) is 18.4 Å². The summed E-state index contributed by atoms with van der Waals surface area (Å²) in [5.41, 5.74) is 1.56. The second-order valence-corrected chi connectivity index (χ2v) is 4.95. The minimum atomic E-state index is -2.33. The monoisotopic (exact) mass is 242 g/mol. The Hall–Kier alpha value is -0.470. The third-order valence-corrected chi connectivity index (χ3v) is 3.11. The maximum absolute atomic E-state index is 8.97. The molecule has 2 N–H and O–H groups in total. The van der Waals surface area contributed by atoms with Gasteiger partial charge in [0.1, 0.15) is 0 Å². The first-order chi connectivity index (χ1) is 7.47. The first-order valence-electron chi connectivity index (χ1n) is 5.42. The SMILES string of the molecule is CCCc1ccccc1C(C)(C)OP(O)O. The van der Waals surface area contributed by atoms with Crippen LogP contribution in [0.1, 0.15) is 38.3 Å². The molecule has 0 aliphatic rings. The van der Waals surface area contributed by atoms with Crippen LogP contribution in [0.2, 0.25) is 0 Å². The van der Waals surface area contributed by atoms with Gasteiger partial charge in [0.2, 0.25) is 0 Å². The second-order valence-electron chi connectivity index (χ2n) is 4.26. The maximum atomic E-state index is 8.97. The van der Waals surface area contributed by atoms with Gasteiger partial charge < -0.3 is 14.3 Å². The Morgan fingerprint density at radius 3 is 2.44 bits per heavy atom. The van der Waals surface area contributed by atoms with E-state index in [-0.39, 0.29) is 0 Å². The fourth-order valence-electron chi connectivity index (χ4n) is 1.85. The number of hydrogen-bond donors (Lipinski definition) is 2. The highest BCUT2D eigenvalue weighted by Gasteiger charge is 2.27. The highest BCUT2D eigenvalue weighted by atomic mass is 31.2. The van der Waals surface area contributed by atoms with Crippen molar-refractivity contribution in [2.75, 3.05) is 0 Å². The van der Waals surface area contributed by atoms with Crippen molar-refractivity contribution in [3.05, 3.63) is 35.4 Å². The van der Waals surface area contributed by atoms with Crippen LogP contribution in [-0.4, -0.2) is 9.79 Å². The predicted octanol–water partition coefficient (Wildman–Crippen LogP) is 3.10. The van der Waals surface area contributed by atoms with E-state index in [9.17, 15) is 0 Å². The highest BCUT2D eigenvalue weighted by molar-refractivity contribution is 7.39. The van der Waals surface area contributed by atoms with Crippen molar-refractivity contribution in [3.63, 3.8) is 0 Å². The van der Waals surface area contributed by atoms with E-state index in [1.807, 2.05) is 32.0 Å². The summed E-state index contributed by atoms with van der Waals surface area (Å²) >= 11 is 0. The molecule has 1 rings (SSSR count). The molecule has 0 bridgehead atoms. The topological polar surface area (TPSA) is 49.7 Å². The van der Waals surface area contributed by atoms with Crippen molar-refractivity contribution in [2.45, 2.75) is 39.2 Å². The Morgan fingerprint density at radius 2 is 1.88 bits per heavy atom. The number of hydrogen-bond acceptors (Lipinski definition) is 3. The zero-order valence-corrected chi connectivity index (χ0v) is 10.9. The van der Waals surface area contributed by atoms with E-state index >= 15 is 0 Å². The van der Waals surface area contributed by atoms with E-state index in [2.05, 4.69) is 13.0 Å². The molecule has 4 heteroatoms. The molecular formula is C12H19O3P. The van der Waals surface area contributed by atoms with Crippen molar-refractivity contribution in [1.82, 2.24) is 0 Å². The van der Waals surface area contributed by atoms with E-state index in [4.69, 9.17) is 14.3 Å². The average Bonchev–Trinajstić information content (AvgIpc) is 2.17. The van der Waals surface area contributed by atoms with Gasteiger partial charge in [0.05, 0.1) is 5.60 Å². The van der Waals surface area contributed by atoms with Crippen LogP contribution in [0.15, 0.2) is 24.3 Å². The van der Waals surface area contributed by atoms with Crippen molar-refractivity contribution < 1.29 is 14.3 Å². The van der Waals surface area contributed by atoms with E-state index in [1.165, 1.54) is 5.56 Å². The molecule has 0 saturated carbocycles. The maximum Gasteiger partial charge on any atom is 0.327 e. The molecular weight excluding hydrogens is 223 g/mol. The summed E-state index contributed by atoms with van der Waals surface area (Å²) in [6, 6.07) is 7.96. The van der Waals surface area contributed by atoms with E-state index in [0.29, 0.717) is 0 Å². The molecule has 0 spiro atoms. The van der Waals surface area contributed by atoms with Gasteiger partial charge >= 0.3 is 8.60 Å². The first kappa shape index (κ1) is 13.6. The lowest BCUT2D eigenvalue weighted by molar-refractivity contribution is 0.0883. The van der Waals surface area contributed by atoms with Gasteiger partial charge in [-0.25, -0.2) is 0 Å². The van der Waals surface area contributed by atoms with Gasteiger partial charge in [-0.3, -0.25) is 0 Å². The molecule has 0 amide bonds. The van der Waals surface area contributed by atoms with Gasteiger partial charge in [0, 0.05) is 0 Å². The molecule has 0 fully saturated rings. The molecule has 0 unspecified atom stereocenters. The Bertz CT molecular complexity index is 337. The van der Waals surface area contributed by atoms with Crippen LogP contribution in [0.4, 0.5) is 0 Å².